The number of rotatable bonds is 20. The van der Waals surface area contributed by atoms with Crippen molar-refractivity contribution in [3.63, 3.8) is 0 Å². The molecule has 14 nitrogen and oxygen atoms in total. The fourth-order valence-electron chi connectivity index (χ4n) is 14.9. The van der Waals surface area contributed by atoms with E-state index in [0.717, 1.165) is 152 Å². The zero-order chi connectivity index (χ0) is 92.4. The molecule has 12 aromatic carbocycles. The van der Waals surface area contributed by atoms with Crippen LogP contribution in [-0.4, -0.2) is 175 Å². The van der Waals surface area contributed by atoms with Gasteiger partial charge in [0.25, 0.3) is 23.7 Å². The molecule has 26 heteroatoms. The maximum absolute atomic E-state index is 12.3. The van der Waals surface area contributed by atoms with Gasteiger partial charge in [0, 0.05) is 80.1 Å². The first-order chi connectivity index (χ1) is 64.0. The second kappa shape index (κ2) is 50.6. The lowest BCUT2D eigenvalue weighted by atomic mass is 10.1. The summed E-state index contributed by atoms with van der Waals surface area (Å²) < 4.78 is 152. The molecule has 0 saturated carbocycles. The van der Waals surface area contributed by atoms with E-state index in [1.54, 1.807) is 0 Å². The third-order valence-electron chi connectivity index (χ3n) is 21.0. The van der Waals surface area contributed by atoms with Gasteiger partial charge in [0.2, 0.25) is 39.2 Å². The van der Waals surface area contributed by atoms with Gasteiger partial charge in [-0.1, -0.05) is 183 Å². The minimum absolute atomic E-state index is 0.0829. The molecule has 0 bridgehead atoms. The van der Waals surface area contributed by atoms with Crippen LogP contribution in [-0.2, 0) is 72.0 Å². The van der Waals surface area contributed by atoms with E-state index in [2.05, 4.69) is 228 Å². The summed E-state index contributed by atoms with van der Waals surface area (Å²) in [5, 5.41) is 0. The van der Waals surface area contributed by atoms with Crippen molar-refractivity contribution in [1.82, 2.24) is 19.6 Å². The summed E-state index contributed by atoms with van der Waals surface area (Å²) in [6.45, 7) is 12.3. The Labute approximate surface area is 782 Å². The highest BCUT2D eigenvalue weighted by Gasteiger charge is 2.43. The summed E-state index contributed by atoms with van der Waals surface area (Å²) in [5.74, 6) is -3.09. The lowest BCUT2D eigenvalue weighted by Gasteiger charge is -2.26. The Morgan fingerprint density at radius 3 is 0.553 bits per heavy atom. The van der Waals surface area contributed by atoms with Crippen LogP contribution >= 0.6 is 0 Å². The topological polar surface area (TPSA) is 105 Å². The molecule has 696 valence electrons. The lowest BCUT2D eigenvalue weighted by Crippen LogP contribution is -2.38. The second-order valence-electron chi connectivity index (χ2n) is 32.5. The highest BCUT2D eigenvalue weighted by molar-refractivity contribution is 7.98. The van der Waals surface area contributed by atoms with E-state index in [1.165, 1.54) is 71.6 Å². The van der Waals surface area contributed by atoms with Gasteiger partial charge in [-0.15, -0.1) is 0 Å². The molecule has 20 rings (SSSR count). The molecule has 0 aliphatic carbocycles. The Morgan fingerprint density at radius 1 is 0.220 bits per heavy atom. The molecular formula is C106H116F8N4O10S4+4. The van der Waals surface area contributed by atoms with Crippen LogP contribution in [0.4, 0.5) is 35.1 Å². The summed E-state index contributed by atoms with van der Waals surface area (Å²) in [7, 11) is -0.332. The van der Waals surface area contributed by atoms with E-state index in [1.807, 2.05) is 107 Å². The van der Waals surface area contributed by atoms with E-state index in [9.17, 15) is 35.1 Å². The van der Waals surface area contributed by atoms with Crippen LogP contribution in [0.5, 0.6) is 46.0 Å². The normalized spacial score (nSPS) is 16.1. The molecule has 132 heavy (non-hydrogen) atoms. The Kier molecular flexibility index (Phi) is 38.2. The predicted molar refractivity (Wildman–Crippen MR) is 508 cm³/mol. The molecule has 8 aliphatic rings. The molecule has 0 radical (unpaired) electrons. The van der Waals surface area contributed by atoms with E-state index in [-0.39, 0.29) is 57.0 Å². The van der Waals surface area contributed by atoms with E-state index >= 15 is 0 Å². The van der Waals surface area contributed by atoms with Crippen LogP contribution < -0.4 is 18.9 Å². The number of likely N-dealkylation sites (tertiary alicyclic amines) is 2. The van der Waals surface area contributed by atoms with Crippen LogP contribution in [0.2, 0.25) is 0 Å². The summed E-state index contributed by atoms with van der Waals surface area (Å²) in [5.41, 5.74) is 0. The number of nitrogens with zero attached hydrogens (tertiary/aromatic N) is 4. The summed E-state index contributed by atoms with van der Waals surface area (Å²) in [6.07, 6.45) is 7.14. The average molecular weight is 1890 g/mol. The van der Waals surface area contributed by atoms with Gasteiger partial charge in [-0.25, -0.2) is 35.1 Å². The first-order valence-electron chi connectivity index (χ1n) is 44.5. The standard InChI is InChI=1S/4C18H13OS.2C9H17F2NO.2C8H15F2NO2/c4*1-2-8-14(9-3-1)20-17-12-6-4-10-15(17)19-16-11-5-7-13-18(16)20;2*1-9(10,11)7-13-8-12-5-3-2-4-6-12;2*1-8(9,10)6-13-7-11-2-4-12-5-3-11/h4*1-13H;2*2-8H2,1H3;2*2-7H2,1H3/q4*+1;;;;. The van der Waals surface area contributed by atoms with Gasteiger partial charge in [0.05, 0.1) is 53.4 Å². The first-order valence-corrected chi connectivity index (χ1v) is 49.4. The summed E-state index contributed by atoms with van der Waals surface area (Å²) in [6, 6.07) is 109. The van der Waals surface area contributed by atoms with Crippen molar-refractivity contribution < 1.29 is 82.5 Å². The second-order valence-corrected chi connectivity index (χ2v) is 40.3. The molecule has 0 unspecified atom stereocenters. The molecule has 8 heterocycles. The van der Waals surface area contributed by atoms with Crippen molar-refractivity contribution in [3.05, 3.63) is 315 Å². The van der Waals surface area contributed by atoms with Gasteiger partial charge in [-0.2, -0.15) is 0 Å². The SMILES string of the molecule is CC(F)(F)COCN1CCCCC1.CC(F)(F)COCN1CCCCC1.CC(F)(F)COCN1CCOCC1.CC(F)(F)COCN1CCOCC1.c1ccc([S+]2c3ccccc3Oc3ccccc32)cc1.c1ccc([S+]2c3ccccc3Oc3ccccc32)cc1.c1ccc([S+]2c3ccccc3Oc3ccccc32)cc1.c1ccc([S+]2c3ccccc3Oc3ccccc32)cc1. The highest BCUT2D eigenvalue weighted by atomic mass is 32.2. The predicted octanol–water partition coefficient (Wildman–Crippen LogP) is 25.6. The smallest absolute Gasteiger partial charge is 0.268 e. The highest BCUT2D eigenvalue weighted by Crippen LogP contribution is 2.51. The number of alkyl halides is 8. The molecule has 8 aliphatic heterocycles. The molecule has 4 saturated heterocycles. The Bertz CT molecular complexity index is 4570. The number of benzene rings is 12. The number of morpholine rings is 2. The average Bonchev–Trinajstić information content (AvgIpc) is 0.779. The lowest BCUT2D eigenvalue weighted by molar-refractivity contribution is -0.100. The van der Waals surface area contributed by atoms with E-state index in [0.29, 0.717) is 39.9 Å². The van der Waals surface area contributed by atoms with Gasteiger partial charge >= 0.3 is 0 Å². The van der Waals surface area contributed by atoms with Gasteiger partial charge in [-0.3, -0.25) is 19.6 Å². The van der Waals surface area contributed by atoms with E-state index in [4.69, 9.17) is 47.4 Å². The maximum Gasteiger partial charge on any atom is 0.268 e. The fourth-order valence-corrected chi connectivity index (χ4v) is 23.8. The molecule has 4 fully saturated rings. The number of ether oxygens (including phenoxy) is 10. The van der Waals surface area contributed by atoms with Gasteiger partial charge in [-0.05, 0) is 171 Å². The summed E-state index contributed by atoms with van der Waals surface area (Å²) in [4.78, 5) is 23.5. The molecule has 0 amide bonds. The largest absolute Gasteiger partial charge is 0.447 e. The zero-order valence-electron chi connectivity index (χ0n) is 74.9. The molecule has 0 spiro atoms. The monoisotopic (exact) mass is 1880 g/mol. The molecular weight excluding hydrogens is 1770 g/mol. The number of fused-ring (bicyclic) bond motifs is 8. The van der Waals surface area contributed by atoms with E-state index < -0.39 is 50.1 Å². The minimum Gasteiger partial charge on any atom is -0.447 e. The molecule has 0 aromatic heterocycles. The van der Waals surface area contributed by atoms with Crippen molar-refractivity contribution in [3.8, 4) is 46.0 Å². The van der Waals surface area contributed by atoms with Gasteiger partial charge < -0.3 is 47.4 Å². The quantitative estimate of drug-likeness (QED) is 0.0534. The molecule has 12 aromatic rings. The third-order valence-corrected chi connectivity index (χ3v) is 30.2. The Balaban J connectivity index is 0.000000129. The maximum atomic E-state index is 12.3. The summed E-state index contributed by atoms with van der Waals surface area (Å²) >= 11 is 0. The first kappa shape index (κ1) is 99.7. The number of hydrogen-bond acceptors (Lipinski definition) is 14. The van der Waals surface area contributed by atoms with Crippen LogP contribution in [0.15, 0.2) is 374 Å². The van der Waals surface area contributed by atoms with Crippen LogP contribution in [0.1, 0.15) is 66.2 Å². The van der Waals surface area contributed by atoms with Crippen molar-refractivity contribution in [2.45, 2.75) is 149 Å². The Hall–Kier alpha value is -9.72. The Morgan fingerprint density at radius 2 is 0.379 bits per heavy atom. The van der Waals surface area contributed by atoms with Crippen molar-refractivity contribution in [1.29, 1.82) is 0 Å². The molecule has 0 atom stereocenters. The number of hydrogen-bond donors (Lipinski definition) is 0. The van der Waals surface area contributed by atoms with Crippen LogP contribution in [0.25, 0.3) is 0 Å². The van der Waals surface area contributed by atoms with Crippen molar-refractivity contribution in [2.24, 2.45) is 0 Å². The van der Waals surface area contributed by atoms with Gasteiger partial charge in [0.1, 0.15) is 70.0 Å². The van der Waals surface area contributed by atoms with Crippen LogP contribution in [0, 0.1) is 0 Å². The van der Waals surface area contributed by atoms with Crippen molar-refractivity contribution >= 4 is 43.6 Å². The molecule has 0 N–H and O–H groups in total. The van der Waals surface area contributed by atoms with Gasteiger partial charge in [0.15, 0.2) is 65.6 Å². The fraction of sp³-hybridized carbons (Fsp3) is 0.321. The number of para-hydroxylation sites is 8. The van der Waals surface area contributed by atoms with Crippen LogP contribution in [0.3, 0.4) is 0 Å². The number of piperidine rings is 2. The third kappa shape index (κ3) is 31.2. The zero-order valence-corrected chi connectivity index (χ0v) is 78.2. The minimum atomic E-state index is -2.73. The van der Waals surface area contributed by atoms with Crippen molar-refractivity contribution in [2.75, 3.05) is 132 Å². The number of halogens is 8.